The molecule has 3 unspecified atom stereocenters. The molecule has 0 radical (unpaired) electrons. The van der Waals surface area contributed by atoms with Crippen molar-refractivity contribution in [3.8, 4) is 0 Å². The van der Waals surface area contributed by atoms with E-state index in [1.165, 1.54) is 19.3 Å². The zero-order valence-electron chi connectivity index (χ0n) is 9.32. The van der Waals surface area contributed by atoms with Gasteiger partial charge in [0.15, 0.2) is 0 Å². The maximum Gasteiger partial charge on any atom is 0.0699 e. The van der Waals surface area contributed by atoms with E-state index in [1.54, 1.807) is 0 Å². The van der Waals surface area contributed by atoms with Crippen LogP contribution in [-0.2, 0) is 4.74 Å². The standard InChI is InChI=1S/C12H22N2O/c13-11-5-4-10(7-11)8-14-9-12-3-1-2-6-15-12/h4-5,10-12,14H,1-3,6-9,13H2. The second-order valence-electron chi connectivity index (χ2n) is 4.69. The summed E-state index contributed by atoms with van der Waals surface area (Å²) in [4.78, 5) is 0. The average Bonchev–Trinajstić information content (AvgIpc) is 2.66. The molecule has 1 aliphatic carbocycles. The minimum atomic E-state index is 0.280. The van der Waals surface area contributed by atoms with Crippen LogP contribution in [0.15, 0.2) is 12.2 Å². The highest BCUT2D eigenvalue weighted by Gasteiger charge is 2.17. The molecule has 1 heterocycles. The van der Waals surface area contributed by atoms with Crippen LogP contribution >= 0.6 is 0 Å². The Morgan fingerprint density at radius 3 is 2.87 bits per heavy atom. The molecule has 2 aliphatic rings. The minimum absolute atomic E-state index is 0.280. The van der Waals surface area contributed by atoms with Gasteiger partial charge in [0.25, 0.3) is 0 Å². The monoisotopic (exact) mass is 210 g/mol. The van der Waals surface area contributed by atoms with E-state index < -0.39 is 0 Å². The van der Waals surface area contributed by atoms with E-state index in [4.69, 9.17) is 10.5 Å². The number of ether oxygens (including phenoxy) is 1. The zero-order valence-corrected chi connectivity index (χ0v) is 9.32. The lowest BCUT2D eigenvalue weighted by Crippen LogP contribution is -2.34. The predicted molar refractivity (Wildman–Crippen MR) is 61.7 cm³/mol. The van der Waals surface area contributed by atoms with Crippen LogP contribution in [0, 0.1) is 5.92 Å². The van der Waals surface area contributed by atoms with E-state index in [2.05, 4.69) is 17.5 Å². The Kier molecular flexibility index (Phi) is 4.18. The molecule has 3 N–H and O–H groups in total. The Labute approximate surface area is 92.1 Å². The molecule has 0 aromatic heterocycles. The first kappa shape index (κ1) is 11.1. The van der Waals surface area contributed by atoms with E-state index in [1.807, 2.05) is 0 Å². The van der Waals surface area contributed by atoms with Crippen LogP contribution in [0.2, 0.25) is 0 Å². The van der Waals surface area contributed by atoms with E-state index in [-0.39, 0.29) is 6.04 Å². The summed E-state index contributed by atoms with van der Waals surface area (Å²) >= 11 is 0. The highest BCUT2D eigenvalue weighted by molar-refractivity contribution is 5.05. The van der Waals surface area contributed by atoms with E-state index >= 15 is 0 Å². The molecule has 1 fully saturated rings. The predicted octanol–water partition coefficient (Wildman–Crippen LogP) is 1.05. The largest absolute Gasteiger partial charge is 0.377 e. The molecule has 0 aromatic carbocycles. The van der Waals surface area contributed by atoms with Crippen molar-refractivity contribution in [1.29, 1.82) is 0 Å². The molecule has 86 valence electrons. The Bertz CT molecular complexity index is 212. The molecule has 1 saturated heterocycles. The van der Waals surface area contributed by atoms with Crippen molar-refractivity contribution in [2.45, 2.75) is 37.8 Å². The van der Waals surface area contributed by atoms with Crippen molar-refractivity contribution >= 4 is 0 Å². The minimum Gasteiger partial charge on any atom is -0.377 e. The SMILES string of the molecule is NC1C=CC(CNCC2CCCCO2)C1. The normalized spacial score (nSPS) is 35.9. The zero-order chi connectivity index (χ0) is 10.5. The molecule has 2 rings (SSSR count). The average molecular weight is 210 g/mol. The topological polar surface area (TPSA) is 47.3 Å². The second-order valence-corrected chi connectivity index (χ2v) is 4.69. The van der Waals surface area contributed by atoms with Gasteiger partial charge in [0.2, 0.25) is 0 Å². The van der Waals surface area contributed by atoms with Crippen LogP contribution in [0.25, 0.3) is 0 Å². The van der Waals surface area contributed by atoms with Gasteiger partial charge in [-0.05, 0) is 31.6 Å². The van der Waals surface area contributed by atoms with Gasteiger partial charge in [-0.1, -0.05) is 12.2 Å². The first-order valence-corrected chi connectivity index (χ1v) is 6.11. The van der Waals surface area contributed by atoms with Crippen molar-refractivity contribution in [3.05, 3.63) is 12.2 Å². The molecule has 1 aliphatic heterocycles. The summed E-state index contributed by atoms with van der Waals surface area (Å²) in [5, 5.41) is 3.49. The molecule has 15 heavy (non-hydrogen) atoms. The molecule has 0 bridgehead atoms. The van der Waals surface area contributed by atoms with Crippen LogP contribution < -0.4 is 11.1 Å². The van der Waals surface area contributed by atoms with Gasteiger partial charge >= 0.3 is 0 Å². The van der Waals surface area contributed by atoms with E-state index in [0.717, 1.165) is 26.1 Å². The fourth-order valence-electron chi connectivity index (χ4n) is 2.36. The highest BCUT2D eigenvalue weighted by Crippen LogP contribution is 2.16. The Morgan fingerprint density at radius 1 is 1.27 bits per heavy atom. The lowest BCUT2D eigenvalue weighted by molar-refractivity contribution is 0.0167. The molecule has 3 atom stereocenters. The third kappa shape index (κ3) is 3.59. The number of hydrogen-bond acceptors (Lipinski definition) is 3. The fourth-order valence-corrected chi connectivity index (χ4v) is 2.36. The number of nitrogens with two attached hydrogens (primary N) is 1. The smallest absolute Gasteiger partial charge is 0.0699 e. The number of nitrogens with one attached hydrogen (secondary N) is 1. The first-order chi connectivity index (χ1) is 7.34. The third-order valence-corrected chi connectivity index (χ3v) is 3.26. The summed E-state index contributed by atoms with van der Waals surface area (Å²) in [6.07, 6.45) is 9.66. The van der Waals surface area contributed by atoms with E-state index in [0.29, 0.717) is 12.0 Å². The van der Waals surface area contributed by atoms with Crippen molar-refractivity contribution in [2.24, 2.45) is 11.7 Å². The van der Waals surface area contributed by atoms with Gasteiger partial charge in [0.1, 0.15) is 0 Å². The van der Waals surface area contributed by atoms with E-state index in [9.17, 15) is 0 Å². The van der Waals surface area contributed by atoms with Gasteiger partial charge in [-0.2, -0.15) is 0 Å². The Balaban J connectivity index is 1.56. The molecule has 3 heteroatoms. The highest BCUT2D eigenvalue weighted by atomic mass is 16.5. The summed E-state index contributed by atoms with van der Waals surface area (Å²) in [6.45, 7) is 2.99. The summed E-state index contributed by atoms with van der Waals surface area (Å²) in [5.41, 5.74) is 5.80. The first-order valence-electron chi connectivity index (χ1n) is 6.11. The van der Waals surface area contributed by atoms with Gasteiger partial charge < -0.3 is 15.8 Å². The lowest BCUT2D eigenvalue weighted by Gasteiger charge is -2.23. The van der Waals surface area contributed by atoms with Crippen LogP contribution in [0.1, 0.15) is 25.7 Å². The second kappa shape index (κ2) is 5.64. The van der Waals surface area contributed by atoms with Gasteiger partial charge in [0.05, 0.1) is 6.10 Å². The molecular formula is C12H22N2O. The maximum atomic E-state index is 5.80. The van der Waals surface area contributed by atoms with Gasteiger partial charge in [0, 0.05) is 25.7 Å². The maximum absolute atomic E-state index is 5.80. The summed E-state index contributed by atoms with van der Waals surface area (Å²) in [6, 6.07) is 0.280. The van der Waals surface area contributed by atoms with Crippen molar-refractivity contribution in [3.63, 3.8) is 0 Å². The van der Waals surface area contributed by atoms with Gasteiger partial charge in [-0.25, -0.2) is 0 Å². The van der Waals surface area contributed by atoms with Crippen LogP contribution in [0.4, 0.5) is 0 Å². The Hall–Kier alpha value is -0.380. The molecule has 0 aromatic rings. The molecule has 0 saturated carbocycles. The quantitative estimate of drug-likeness (QED) is 0.682. The van der Waals surface area contributed by atoms with Crippen LogP contribution in [0.5, 0.6) is 0 Å². The number of hydrogen-bond donors (Lipinski definition) is 2. The summed E-state index contributed by atoms with van der Waals surface area (Å²) < 4.78 is 5.66. The van der Waals surface area contributed by atoms with Gasteiger partial charge in [-0.15, -0.1) is 0 Å². The number of rotatable bonds is 4. The summed E-state index contributed by atoms with van der Waals surface area (Å²) in [5.74, 6) is 0.628. The van der Waals surface area contributed by atoms with Crippen molar-refractivity contribution < 1.29 is 4.74 Å². The fraction of sp³-hybridized carbons (Fsp3) is 0.833. The Morgan fingerprint density at radius 2 is 2.20 bits per heavy atom. The van der Waals surface area contributed by atoms with Crippen LogP contribution in [0.3, 0.4) is 0 Å². The van der Waals surface area contributed by atoms with Crippen LogP contribution in [-0.4, -0.2) is 31.8 Å². The van der Waals surface area contributed by atoms with Crippen molar-refractivity contribution in [2.75, 3.05) is 19.7 Å². The van der Waals surface area contributed by atoms with Crippen molar-refractivity contribution in [1.82, 2.24) is 5.32 Å². The molecule has 0 amide bonds. The lowest BCUT2D eigenvalue weighted by atomic mass is 10.1. The molecular weight excluding hydrogens is 188 g/mol. The third-order valence-electron chi connectivity index (χ3n) is 3.26. The van der Waals surface area contributed by atoms with Gasteiger partial charge in [-0.3, -0.25) is 0 Å². The molecule has 0 spiro atoms. The summed E-state index contributed by atoms with van der Waals surface area (Å²) in [7, 11) is 0. The molecule has 3 nitrogen and oxygen atoms in total.